The molecule has 0 aliphatic rings. The molecule has 0 saturated heterocycles. The second kappa shape index (κ2) is 5.16. The van der Waals surface area contributed by atoms with Crippen LogP contribution in [0.1, 0.15) is 25.6 Å². The highest BCUT2D eigenvalue weighted by Gasteiger charge is 2.23. The summed E-state index contributed by atoms with van der Waals surface area (Å²) in [4.78, 5) is 4.14. The van der Waals surface area contributed by atoms with Crippen LogP contribution in [0.15, 0.2) is 18.5 Å². The third-order valence-electron chi connectivity index (χ3n) is 2.44. The van der Waals surface area contributed by atoms with Crippen LogP contribution in [0.5, 0.6) is 0 Å². The molecule has 0 saturated carbocycles. The first-order valence-corrected chi connectivity index (χ1v) is 5.32. The Hall–Kier alpha value is -1.27. The SMILES string of the molecule is CC(N)c1cc2cnn(CC(C)(F)F)c2cn1.Cl. The fourth-order valence-electron chi connectivity index (χ4n) is 1.63. The van der Waals surface area contributed by atoms with E-state index in [1.165, 1.54) is 10.9 Å². The fourth-order valence-corrected chi connectivity index (χ4v) is 1.63. The van der Waals surface area contributed by atoms with E-state index in [1.54, 1.807) is 12.3 Å². The number of aromatic nitrogens is 3. The topological polar surface area (TPSA) is 56.7 Å². The first-order chi connectivity index (χ1) is 7.87. The number of alkyl halides is 2. The normalized spacial score (nSPS) is 13.4. The molecule has 0 aliphatic heterocycles. The lowest BCUT2D eigenvalue weighted by Gasteiger charge is -2.11. The van der Waals surface area contributed by atoms with Gasteiger partial charge in [-0.1, -0.05) is 0 Å². The second-order valence-corrected chi connectivity index (χ2v) is 4.33. The number of rotatable bonds is 3. The van der Waals surface area contributed by atoms with E-state index in [4.69, 9.17) is 5.73 Å². The molecule has 1 unspecified atom stereocenters. The number of pyridine rings is 1. The third kappa shape index (κ3) is 3.14. The molecule has 0 spiro atoms. The van der Waals surface area contributed by atoms with Gasteiger partial charge in [0.15, 0.2) is 0 Å². The van der Waals surface area contributed by atoms with Gasteiger partial charge in [-0.05, 0) is 13.0 Å². The maximum Gasteiger partial charge on any atom is 0.264 e. The van der Waals surface area contributed by atoms with Crippen molar-refractivity contribution in [3.8, 4) is 0 Å². The smallest absolute Gasteiger partial charge is 0.264 e. The second-order valence-electron chi connectivity index (χ2n) is 4.33. The largest absolute Gasteiger partial charge is 0.323 e. The summed E-state index contributed by atoms with van der Waals surface area (Å²) < 4.78 is 27.1. The van der Waals surface area contributed by atoms with Crippen molar-refractivity contribution in [3.63, 3.8) is 0 Å². The fraction of sp³-hybridized carbons (Fsp3) is 0.455. The van der Waals surface area contributed by atoms with Crippen molar-refractivity contribution >= 4 is 23.3 Å². The Kier molecular flexibility index (Phi) is 4.24. The van der Waals surface area contributed by atoms with E-state index in [1.807, 2.05) is 6.92 Å². The van der Waals surface area contributed by atoms with Crippen molar-refractivity contribution in [2.75, 3.05) is 0 Å². The van der Waals surface area contributed by atoms with Gasteiger partial charge in [-0.25, -0.2) is 8.78 Å². The summed E-state index contributed by atoms with van der Waals surface area (Å²) in [7, 11) is 0. The molecule has 0 aliphatic carbocycles. The summed E-state index contributed by atoms with van der Waals surface area (Å²) in [5.74, 6) is -2.79. The number of halogens is 3. The highest BCUT2D eigenvalue weighted by molar-refractivity contribution is 5.85. The van der Waals surface area contributed by atoms with Crippen LogP contribution in [0.3, 0.4) is 0 Å². The molecule has 2 heterocycles. The zero-order chi connectivity index (χ0) is 12.6. The summed E-state index contributed by atoms with van der Waals surface area (Å²) in [5, 5.41) is 4.71. The Balaban J connectivity index is 0.00000162. The molecule has 2 N–H and O–H groups in total. The Morgan fingerprint density at radius 1 is 1.44 bits per heavy atom. The Morgan fingerprint density at radius 2 is 2.11 bits per heavy atom. The summed E-state index contributed by atoms with van der Waals surface area (Å²) in [5.41, 5.74) is 7.02. The molecule has 2 rings (SSSR count). The van der Waals surface area contributed by atoms with Crippen LogP contribution >= 0.6 is 12.4 Å². The van der Waals surface area contributed by atoms with Gasteiger partial charge in [0.25, 0.3) is 5.92 Å². The average molecular weight is 277 g/mol. The molecule has 4 nitrogen and oxygen atoms in total. The van der Waals surface area contributed by atoms with Gasteiger partial charge in [0.1, 0.15) is 6.54 Å². The quantitative estimate of drug-likeness (QED) is 0.937. The minimum absolute atomic E-state index is 0. The predicted molar refractivity (Wildman–Crippen MR) is 68.0 cm³/mol. The van der Waals surface area contributed by atoms with Gasteiger partial charge in [0, 0.05) is 18.4 Å². The van der Waals surface area contributed by atoms with E-state index in [2.05, 4.69) is 10.1 Å². The molecule has 2 aromatic rings. The van der Waals surface area contributed by atoms with Crippen LogP contribution in [0, 0.1) is 0 Å². The molecule has 0 radical (unpaired) electrons. The molecule has 0 fully saturated rings. The van der Waals surface area contributed by atoms with E-state index in [0.717, 1.165) is 18.0 Å². The molecule has 7 heteroatoms. The van der Waals surface area contributed by atoms with E-state index < -0.39 is 12.5 Å². The van der Waals surface area contributed by atoms with Gasteiger partial charge in [0.2, 0.25) is 0 Å². The molecule has 0 aromatic carbocycles. The van der Waals surface area contributed by atoms with E-state index >= 15 is 0 Å². The van der Waals surface area contributed by atoms with Crippen molar-refractivity contribution < 1.29 is 8.78 Å². The third-order valence-corrected chi connectivity index (χ3v) is 2.44. The zero-order valence-electron chi connectivity index (χ0n) is 10.1. The van der Waals surface area contributed by atoms with Gasteiger partial charge in [0.05, 0.1) is 23.6 Å². The lowest BCUT2D eigenvalue weighted by molar-refractivity contribution is 0.00181. The molecule has 2 aromatic heterocycles. The molecule has 1 atom stereocenters. The Bertz CT molecular complexity index is 533. The monoisotopic (exact) mass is 276 g/mol. The molecule has 18 heavy (non-hydrogen) atoms. The van der Waals surface area contributed by atoms with Gasteiger partial charge in [-0.15, -0.1) is 12.4 Å². The van der Waals surface area contributed by atoms with Crippen LogP contribution in [0.2, 0.25) is 0 Å². The van der Waals surface area contributed by atoms with Crippen molar-refractivity contribution in [1.29, 1.82) is 0 Å². The Labute approximate surface area is 110 Å². The first kappa shape index (κ1) is 14.8. The molecule has 0 amide bonds. The molecular weight excluding hydrogens is 262 g/mol. The summed E-state index contributed by atoms with van der Waals surface area (Å²) in [6.07, 6.45) is 3.08. The van der Waals surface area contributed by atoms with E-state index in [9.17, 15) is 8.78 Å². The number of hydrogen-bond donors (Lipinski definition) is 1. The molecular formula is C11H15ClF2N4. The number of fused-ring (bicyclic) bond motifs is 1. The summed E-state index contributed by atoms with van der Waals surface area (Å²) >= 11 is 0. The molecule has 100 valence electrons. The minimum atomic E-state index is -2.79. The van der Waals surface area contributed by atoms with Crippen molar-refractivity contribution in [2.45, 2.75) is 32.4 Å². The lowest BCUT2D eigenvalue weighted by atomic mass is 10.2. The number of hydrogen-bond acceptors (Lipinski definition) is 3. The number of nitrogens with zero attached hydrogens (tertiary/aromatic N) is 3. The number of nitrogens with two attached hydrogens (primary N) is 1. The van der Waals surface area contributed by atoms with Gasteiger partial charge in [-0.3, -0.25) is 9.67 Å². The highest BCUT2D eigenvalue weighted by atomic mass is 35.5. The first-order valence-electron chi connectivity index (χ1n) is 5.32. The van der Waals surface area contributed by atoms with Gasteiger partial charge >= 0.3 is 0 Å². The van der Waals surface area contributed by atoms with Crippen molar-refractivity contribution in [3.05, 3.63) is 24.2 Å². The van der Waals surface area contributed by atoms with Crippen LogP contribution in [0.25, 0.3) is 10.9 Å². The van der Waals surface area contributed by atoms with Crippen LogP contribution in [-0.2, 0) is 6.54 Å². The Morgan fingerprint density at radius 3 is 2.67 bits per heavy atom. The van der Waals surface area contributed by atoms with E-state index in [0.29, 0.717) is 5.52 Å². The summed E-state index contributed by atoms with van der Waals surface area (Å²) in [6, 6.07) is 1.59. The van der Waals surface area contributed by atoms with Gasteiger partial charge < -0.3 is 5.73 Å². The molecule has 0 bridgehead atoms. The maximum absolute atomic E-state index is 12.9. The predicted octanol–water partition coefficient (Wildman–Crippen LogP) is 2.53. The standard InChI is InChI=1S/C11H14F2N4.ClH/c1-7(14)9-3-8-4-16-17(6-11(2,12)13)10(8)5-15-9;/h3-5,7H,6,14H2,1-2H3;1H. The zero-order valence-corrected chi connectivity index (χ0v) is 10.9. The maximum atomic E-state index is 12.9. The summed E-state index contributed by atoms with van der Waals surface area (Å²) in [6.45, 7) is 2.23. The van der Waals surface area contributed by atoms with Crippen LogP contribution in [0.4, 0.5) is 8.78 Å². The van der Waals surface area contributed by atoms with Gasteiger partial charge in [-0.2, -0.15) is 5.10 Å². The van der Waals surface area contributed by atoms with Crippen molar-refractivity contribution in [1.82, 2.24) is 14.8 Å². The van der Waals surface area contributed by atoms with E-state index in [-0.39, 0.29) is 18.4 Å². The van der Waals surface area contributed by atoms with Crippen molar-refractivity contribution in [2.24, 2.45) is 5.73 Å². The van der Waals surface area contributed by atoms with Crippen LogP contribution < -0.4 is 5.73 Å². The highest BCUT2D eigenvalue weighted by Crippen LogP contribution is 2.20. The minimum Gasteiger partial charge on any atom is -0.323 e. The van der Waals surface area contributed by atoms with Crippen LogP contribution in [-0.4, -0.2) is 20.7 Å². The lowest BCUT2D eigenvalue weighted by Crippen LogP contribution is -2.20. The average Bonchev–Trinajstić information content (AvgIpc) is 2.58.